The van der Waals surface area contributed by atoms with Gasteiger partial charge in [-0.2, -0.15) is 0 Å². The third-order valence-corrected chi connectivity index (χ3v) is 4.53. The first kappa shape index (κ1) is 19.1. The largest absolute Gasteiger partial charge is 0.478 e. The third kappa shape index (κ3) is 5.16. The number of hydrogen-bond acceptors (Lipinski definition) is 3. The monoisotopic (exact) mass is 401 g/mol. The van der Waals surface area contributed by atoms with Crippen LogP contribution in [0.5, 0.6) is 5.75 Å². The molecular weight excluding hydrogens is 385 g/mol. The second-order valence-corrected chi connectivity index (χ2v) is 6.70. The molecule has 1 unspecified atom stereocenters. The van der Waals surface area contributed by atoms with E-state index in [0.717, 1.165) is 11.3 Å². The number of rotatable bonds is 7. The minimum atomic E-state index is -1.06. The molecule has 0 heterocycles. The molecule has 0 aliphatic carbocycles. The van der Waals surface area contributed by atoms with Crippen molar-refractivity contribution in [1.82, 2.24) is 0 Å². The summed E-state index contributed by atoms with van der Waals surface area (Å²) >= 11 is 12.2. The Morgan fingerprint density at radius 2 is 1.70 bits per heavy atom. The topological polar surface area (TPSA) is 58.6 Å². The van der Waals surface area contributed by atoms with E-state index in [1.54, 1.807) is 48.5 Å². The van der Waals surface area contributed by atoms with E-state index in [-0.39, 0.29) is 0 Å². The summed E-state index contributed by atoms with van der Waals surface area (Å²) < 4.78 is 5.65. The SMILES string of the molecule is O=C(O)C(Oc1ccc(NCc2cc(Cl)ccc2Cl)cc1)c1ccccc1. The fourth-order valence-electron chi connectivity index (χ4n) is 2.55. The van der Waals surface area contributed by atoms with Crippen molar-refractivity contribution in [3.8, 4) is 5.75 Å². The number of anilines is 1. The Bertz CT molecular complexity index is 914. The van der Waals surface area contributed by atoms with Gasteiger partial charge in [0.05, 0.1) is 0 Å². The van der Waals surface area contributed by atoms with Crippen molar-refractivity contribution in [1.29, 1.82) is 0 Å². The van der Waals surface area contributed by atoms with Crippen LogP contribution in [0.15, 0.2) is 72.8 Å². The lowest BCUT2D eigenvalue weighted by Gasteiger charge is -2.16. The quantitative estimate of drug-likeness (QED) is 0.524. The van der Waals surface area contributed by atoms with Crippen LogP contribution in [0.25, 0.3) is 0 Å². The van der Waals surface area contributed by atoms with E-state index >= 15 is 0 Å². The van der Waals surface area contributed by atoms with Gasteiger partial charge in [0, 0.05) is 27.8 Å². The first-order valence-electron chi connectivity index (χ1n) is 8.25. The van der Waals surface area contributed by atoms with E-state index in [1.807, 2.05) is 24.3 Å². The van der Waals surface area contributed by atoms with Gasteiger partial charge < -0.3 is 15.2 Å². The molecule has 0 radical (unpaired) electrons. The van der Waals surface area contributed by atoms with Gasteiger partial charge in [-0.05, 0) is 48.0 Å². The fourth-order valence-corrected chi connectivity index (χ4v) is 2.93. The molecule has 4 nitrogen and oxygen atoms in total. The van der Waals surface area contributed by atoms with Gasteiger partial charge in [0.15, 0.2) is 0 Å². The van der Waals surface area contributed by atoms with E-state index in [2.05, 4.69) is 5.32 Å². The average Bonchev–Trinajstić information content (AvgIpc) is 2.68. The van der Waals surface area contributed by atoms with Gasteiger partial charge in [0.25, 0.3) is 0 Å². The van der Waals surface area contributed by atoms with Crippen LogP contribution in [-0.4, -0.2) is 11.1 Å². The molecule has 0 saturated heterocycles. The van der Waals surface area contributed by atoms with Crippen LogP contribution in [-0.2, 0) is 11.3 Å². The zero-order valence-corrected chi connectivity index (χ0v) is 15.7. The molecule has 1 atom stereocenters. The van der Waals surface area contributed by atoms with E-state index in [0.29, 0.717) is 27.9 Å². The van der Waals surface area contributed by atoms with Gasteiger partial charge in [0.2, 0.25) is 6.10 Å². The Kier molecular flexibility index (Phi) is 6.22. The van der Waals surface area contributed by atoms with Crippen LogP contribution in [0.4, 0.5) is 5.69 Å². The Morgan fingerprint density at radius 3 is 2.37 bits per heavy atom. The summed E-state index contributed by atoms with van der Waals surface area (Å²) in [6, 6.07) is 21.2. The summed E-state index contributed by atoms with van der Waals surface area (Å²) in [7, 11) is 0. The van der Waals surface area contributed by atoms with Crippen LogP contribution < -0.4 is 10.1 Å². The highest BCUT2D eigenvalue weighted by molar-refractivity contribution is 6.33. The zero-order chi connectivity index (χ0) is 19.2. The molecule has 0 aromatic heterocycles. The Morgan fingerprint density at radius 1 is 1.00 bits per heavy atom. The molecule has 27 heavy (non-hydrogen) atoms. The number of carboxylic acid groups (broad SMARTS) is 1. The predicted octanol–water partition coefficient (Wildman–Crippen LogP) is 5.81. The molecule has 3 aromatic rings. The number of nitrogens with one attached hydrogen (secondary N) is 1. The Labute approximate surface area is 167 Å². The van der Waals surface area contributed by atoms with E-state index in [1.165, 1.54) is 0 Å². The molecule has 0 fully saturated rings. The summed E-state index contributed by atoms with van der Waals surface area (Å²) in [5.41, 5.74) is 2.33. The maximum atomic E-state index is 11.5. The number of aliphatic carboxylic acids is 1. The van der Waals surface area contributed by atoms with Crippen LogP contribution in [0.3, 0.4) is 0 Å². The molecule has 0 aliphatic rings. The average molecular weight is 402 g/mol. The van der Waals surface area contributed by atoms with Gasteiger partial charge in [-0.3, -0.25) is 0 Å². The summed E-state index contributed by atoms with van der Waals surface area (Å²) in [4.78, 5) is 11.5. The van der Waals surface area contributed by atoms with Gasteiger partial charge in [-0.1, -0.05) is 53.5 Å². The molecule has 0 saturated carbocycles. The maximum absolute atomic E-state index is 11.5. The van der Waals surface area contributed by atoms with Gasteiger partial charge >= 0.3 is 5.97 Å². The van der Waals surface area contributed by atoms with Crippen molar-refractivity contribution in [3.05, 3.63) is 94.0 Å². The highest BCUT2D eigenvalue weighted by atomic mass is 35.5. The van der Waals surface area contributed by atoms with Gasteiger partial charge in [0.1, 0.15) is 5.75 Å². The molecular formula is C21H17Cl2NO3. The second-order valence-electron chi connectivity index (χ2n) is 5.86. The molecule has 3 aromatic carbocycles. The number of halogens is 2. The summed E-state index contributed by atoms with van der Waals surface area (Å²) in [5.74, 6) is -0.573. The number of carboxylic acids is 1. The summed E-state index contributed by atoms with van der Waals surface area (Å²) in [6.45, 7) is 0.515. The van der Waals surface area contributed by atoms with Crippen LogP contribution >= 0.6 is 23.2 Å². The van der Waals surface area contributed by atoms with Crippen molar-refractivity contribution < 1.29 is 14.6 Å². The molecule has 2 N–H and O–H groups in total. The van der Waals surface area contributed by atoms with Gasteiger partial charge in [-0.15, -0.1) is 0 Å². The smallest absolute Gasteiger partial charge is 0.349 e. The molecule has 0 aliphatic heterocycles. The minimum Gasteiger partial charge on any atom is -0.478 e. The minimum absolute atomic E-state index is 0.470. The Hall–Kier alpha value is -2.69. The van der Waals surface area contributed by atoms with Crippen LogP contribution in [0.1, 0.15) is 17.2 Å². The Balaban J connectivity index is 1.66. The predicted molar refractivity (Wildman–Crippen MR) is 108 cm³/mol. The van der Waals surface area contributed by atoms with Crippen molar-refractivity contribution in [3.63, 3.8) is 0 Å². The van der Waals surface area contributed by atoms with E-state index in [9.17, 15) is 9.90 Å². The second kappa shape index (κ2) is 8.80. The normalized spacial score (nSPS) is 11.6. The lowest BCUT2D eigenvalue weighted by molar-refractivity contribution is -0.145. The first-order chi connectivity index (χ1) is 13.0. The van der Waals surface area contributed by atoms with Gasteiger partial charge in [-0.25, -0.2) is 4.79 Å². The van der Waals surface area contributed by atoms with Crippen molar-refractivity contribution in [2.24, 2.45) is 0 Å². The lowest BCUT2D eigenvalue weighted by atomic mass is 10.1. The fraction of sp³-hybridized carbons (Fsp3) is 0.0952. The molecule has 6 heteroatoms. The molecule has 138 valence electrons. The first-order valence-corrected chi connectivity index (χ1v) is 9.01. The van der Waals surface area contributed by atoms with E-state index in [4.69, 9.17) is 27.9 Å². The highest BCUT2D eigenvalue weighted by Gasteiger charge is 2.21. The van der Waals surface area contributed by atoms with Crippen LogP contribution in [0.2, 0.25) is 10.0 Å². The van der Waals surface area contributed by atoms with Crippen molar-refractivity contribution in [2.75, 3.05) is 5.32 Å². The molecule has 0 amide bonds. The maximum Gasteiger partial charge on any atom is 0.349 e. The van der Waals surface area contributed by atoms with Crippen molar-refractivity contribution >= 4 is 34.9 Å². The number of benzene rings is 3. The molecule has 3 rings (SSSR count). The third-order valence-electron chi connectivity index (χ3n) is 3.93. The summed E-state index contributed by atoms with van der Waals surface area (Å²) in [6.07, 6.45) is -1.06. The number of hydrogen-bond donors (Lipinski definition) is 2. The molecule has 0 bridgehead atoms. The van der Waals surface area contributed by atoms with E-state index < -0.39 is 12.1 Å². The molecule has 0 spiro atoms. The standard InChI is InChI=1S/C21H17Cl2NO3/c22-16-6-11-19(23)15(12-16)13-24-17-7-9-18(10-8-17)27-20(21(25)26)14-4-2-1-3-5-14/h1-12,20,24H,13H2,(H,25,26). The number of carbonyl (C=O) groups is 1. The highest BCUT2D eigenvalue weighted by Crippen LogP contribution is 2.25. The summed E-state index contributed by atoms with van der Waals surface area (Å²) in [5, 5.41) is 14.0. The zero-order valence-electron chi connectivity index (χ0n) is 14.2. The van der Waals surface area contributed by atoms with Crippen molar-refractivity contribution in [2.45, 2.75) is 12.6 Å². The number of ether oxygens (including phenoxy) is 1. The van der Waals surface area contributed by atoms with Crippen LogP contribution in [0, 0.1) is 0 Å². The lowest BCUT2D eigenvalue weighted by Crippen LogP contribution is -2.18.